The fourth-order valence-corrected chi connectivity index (χ4v) is 4.67. The molecule has 3 aromatic carbocycles. The predicted molar refractivity (Wildman–Crippen MR) is 118 cm³/mol. The van der Waals surface area contributed by atoms with Gasteiger partial charge in [0.1, 0.15) is 11.6 Å². The summed E-state index contributed by atoms with van der Waals surface area (Å²) in [4.78, 5) is 12.2. The Hall–Kier alpha value is -3.16. The summed E-state index contributed by atoms with van der Waals surface area (Å²) in [5.74, 6) is -3.04. The van der Waals surface area contributed by atoms with E-state index in [0.717, 1.165) is 11.6 Å². The lowest BCUT2D eigenvalue weighted by Gasteiger charge is -2.32. The normalized spacial score (nSPS) is 19.4. The van der Waals surface area contributed by atoms with Crippen LogP contribution in [0.4, 0.5) is 8.78 Å². The summed E-state index contributed by atoms with van der Waals surface area (Å²) in [6, 6.07) is 13.0. The van der Waals surface area contributed by atoms with Gasteiger partial charge in [0.05, 0.1) is 17.7 Å². The third-order valence-electron chi connectivity index (χ3n) is 6.05. The van der Waals surface area contributed by atoms with Crippen molar-refractivity contribution in [1.82, 2.24) is 0 Å². The molecule has 0 saturated carbocycles. The highest BCUT2D eigenvalue weighted by Crippen LogP contribution is 2.56. The number of hydrogen-bond acceptors (Lipinski definition) is 4. The van der Waals surface area contributed by atoms with Crippen molar-refractivity contribution in [3.8, 4) is 22.6 Å². The van der Waals surface area contributed by atoms with Gasteiger partial charge in [0.25, 0.3) is 0 Å². The van der Waals surface area contributed by atoms with Crippen molar-refractivity contribution in [2.24, 2.45) is 11.5 Å². The van der Waals surface area contributed by atoms with Gasteiger partial charge in [-0.2, -0.15) is 0 Å². The van der Waals surface area contributed by atoms with Gasteiger partial charge in [0.2, 0.25) is 5.91 Å². The SMILES string of the molecule is COc1ccc(C(N)=O)c(-c2c(Cl)c(F)cc3c2C(C)C(CN)(c2ccccc2)O3)c1F. The minimum atomic E-state index is -1.04. The van der Waals surface area contributed by atoms with E-state index in [1.54, 1.807) is 0 Å². The Balaban J connectivity index is 2.07. The number of carbonyl (C=O) groups is 1. The summed E-state index contributed by atoms with van der Waals surface area (Å²) in [6.07, 6.45) is 0. The highest BCUT2D eigenvalue weighted by Gasteiger charge is 2.49. The van der Waals surface area contributed by atoms with Crippen molar-refractivity contribution >= 4 is 17.5 Å². The standard InChI is InChI=1S/C24H21ClF2N2O3/c1-12-18-17(32-24(12,11-28)13-6-4-3-5-7-13)10-15(26)21(25)20(18)19-14(23(29)30)8-9-16(31-2)22(19)27/h3-10,12H,11,28H2,1-2H3,(H2,29,30). The van der Waals surface area contributed by atoms with Crippen molar-refractivity contribution in [2.75, 3.05) is 13.7 Å². The molecule has 1 amide bonds. The molecule has 166 valence electrons. The smallest absolute Gasteiger partial charge is 0.249 e. The van der Waals surface area contributed by atoms with Gasteiger partial charge in [-0.15, -0.1) is 0 Å². The minimum Gasteiger partial charge on any atom is -0.494 e. The Bertz CT molecular complexity index is 1220. The van der Waals surface area contributed by atoms with E-state index in [2.05, 4.69) is 0 Å². The molecule has 0 radical (unpaired) electrons. The molecule has 4 rings (SSSR count). The largest absolute Gasteiger partial charge is 0.494 e. The molecule has 0 aromatic heterocycles. The molecule has 8 heteroatoms. The summed E-state index contributed by atoms with van der Waals surface area (Å²) in [7, 11) is 1.28. The van der Waals surface area contributed by atoms with E-state index in [1.807, 2.05) is 37.3 Å². The lowest BCUT2D eigenvalue weighted by Crippen LogP contribution is -2.41. The van der Waals surface area contributed by atoms with Gasteiger partial charge in [-0.05, 0) is 17.7 Å². The van der Waals surface area contributed by atoms with Crippen LogP contribution in [0.2, 0.25) is 5.02 Å². The van der Waals surface area contributed by atoms with E-state index in [9.17, 15) is 9.18 Å². The molecule has 1 heterocycles. The summed E-state index contributed by atoms with van der Waals surface area (Å²) in [5.41, 5.74) is 11.4. The zero-order chi connectivity index (χ0) is 23.2. The first kappa shape index (κ1) is 22.0. The average Bonchev–Trinajstić information content (AvgIpc) is 3.07. The fourth-order valence-electron chi connectivity index (χ4n) is 4.42. The number of halogens is 3. The number of hydrogen-bond donors (Lipinski definition) is 2. The molecule has 0 aliphatic carbocycles. The van der Waals surface area contributed by atoms with Crippen LogP contribution in [-0.4, -0.2) is 19.6 Å². The predicted octanol–water partition coefficient (Wildman–Crippen LogP) is 4.74. The summed E-state index contributed by atoms with van der Waals surface area (Å²) in [5, 5.41) is -0.352. The first-order valence-corrected chi connectivity index (χ1v) is 10.3. The number of benzene rings is 3. The number of fused-ring (bicyclic) bond motifs is 1. The summed E-state index contributed by atoms with van der Waals surface area (Å²) < 4.78 is 41.8. The topological polar surface area (TPSA) is 87.6 Å². The minimum absolute atomic E-state index is 0.00868. The first-order valence-electron chi connectivity index (χ1n) is 9.90. The third kappa shape index (κ3) is 3.12. The molecule has 0 fully saturated rings. The van der Waals surface area contributed by atoms with Crippen molar-refractivity contribution < 1.29 is 23.0 Å². The Kier molecular flexibility index (Phi) is 5.56. The molecule has 4 N–H and O–H groups in total. The molecule has 2 atom stereocenters. The van der Waals surface area contributed by atoms with Gasteiger partial charge >= 0.3 is 0 Å². The van der Waals surface area contributed by atoms with Crippen LogP contribution in [-0.2, 0) is 5.60 Å². The van der Waals surface area contributed by atoms with E-state index in [1.165, 1.54) is 19.2 Å². The maximum absolute atomic E-state index is 15.5. The Labute approximate surface area is 188 Å². The van der Waals surface area contributed by atoms with Gasteiger partial charge in [0.15, 0.2) is 17.2 Å². The first-order chi connectivity index (χ1) is 15.3. The summed E-state index contributed by atoms with van der Waals surface area (Å²) in [6.45, 7) is 1.90. The quantitative estimate of drug-likeness (QED) is 0.578. The van der Waals surface area contributed by atoms with E-state index < -0.39 is 29.1 Å². The molecular formula is C24H21ClF2N2O3. The molecule has 0 spiro atoms. The second-order valence-electron chi connectivity index (χ2n) is 7.61. The lowest BCUT2D eigenvalue weighted by molar-refractivity contribution is 0.0800. The molecular weight excluding hydrogens is 438 g/mol. The number of nitrogens with two attached hydrogens (primary N) is 2. The average molecular weight is 459 g/mol. The summed E-state index contributed by atoms with van der Waals surface area (Å²) >= 11 is 6.38. The zero-order valence-electron chi connectivity index (χ0n) is 17.4. The maximum Gasteiger partial charge on any atom is 0.249 e. The van der Waals surface area contributed by atoms with Gasteiger partial charge in [-0.3, -0.25) is 4.79 Å². The lowest BCUT2D eigenvalue weighted by atomic mass is 9.77. The van der Waals surface area contributed by atoms with E-state index in [0.29, 0.717) is 5.56 Å². The molecule has 3 aromatic rings. The Morgan fingerprint density at radius 2 is 1.88 bits per heavy atom. The van der Waals surface area contributed by atoms with Crippen LogP contribution in [0.1, 0.15) is 34.3 Å². The Morgan fingerprint density at radius 1 is 1.19 bits per heavy atom. The van der Waals surface area contributed by atoms with Crippen LogP contribution in [0.3, 0.4) is 0 Å². The molecule has 1 aliphatic heterocycles. The van der Waals surface area contributed by atoms with Crippen molar-refractivity contribution in [2.45, 2.75) is 18.4 Å². The van der Waals surface area contributed by atoms with Gasteiger partial charge < -0.3 is 20.9 Å². The van der Waals surface area contributed by atoms with Gasteiger partial charge in [0, 0.05) is 35.2 Å². The highest BCUT2D eigenvalue weighted by atomic mass is 35.5. The molecule has 32 heavy (non-hydrogen) atoms. The molecule has 0 bridgehead atoms. The molecule has 1 aliphatic rings. The van der Waals surface area contributed by atoms with E-state index >= 15 is 4.39 Å². The van der Waals surface area contributed by atoms with Crippen molar-refractivity contribution in [3.05, 3.63) is 81.9 Å². The van der Waals surface area contributed by atoms with E-state index in [-0.39, 0.29) is 39.8 Å². The van der Waals surface area contributed by atoms with Crippen molar-refractivity contribution in [1.29, 1.82) is 0 Å². The van der Waals surface area contributed by atoms with Gasteiger partial charge in [-0.1, -0.05) is 48.9 Å². The number of primary amides is 1. The van der Waals surface area contributed by atoms with Crippen LogP contribution < -0.4 is 20.9 Å². The number of rotatable bonds is 5. The van der Waals surface area contributed by atoms with Crippen LogP contribution in [0, 0.1) is 11.6 Å². The zero-order valence-corrected chi connectivity index (χ0v) is 18.2. The van der Waals surface area contributed by atoms with Crippen LogP contribution >= 0.6 is 11.6 Å². The Morgan fingerprint density at radius 3 is 2.47 bits per heavy atom. The molecule has 0 saturated heterocycles. The van der Waals surface area contributed by atoms with Crippen LogP contribution in [0.15, 0.2) is 48.5 Å². The third-order valence-corrected chi connectivity index (χ3v) is 6.42. The van der Waals surface area contributed by atoms with Gasteiger partial charge in [-0.25, -0.2) is 8.78 Å². The van der Waals surface area contributed by atoms with Crippen molar-refractivity contribution in [3.63, 3.8) is 0 Å². The monoisotopic (exact) mass is 458 g/mol. The highest BCUT2D eigenvalue weighted by molar-refractivity contribution is 6.34. The molecule has 5 nitrogen and oxygen atoms in total. The number of carbonyl (C=O) groups excluding carboxylic acids is 1. The second kappa shape index (κ2) is 8.07. The maximum atomic E-state index is 15.5. The number of amides is 1. The van der Waals surface area contributed by atoms with E-state index in [4.69, 9.17) is 32.5 Å². The number of methoxy groups -OCH3 is 1. The number of ether oxygens (including phenoxy) is 2. The van der Waals surface area contributed by atoms with Crippen LogP contribution in [0.5, 0.6) is 11.5 Å². The second-order valence-corrected chi connectivity index (χ2v) is 7.99. The molecule has 2 unspecified atom stereocenters. The van der Waals surface area contributed by atoms with Crippen LogP contribution in [0.25, 0.3) is 11.1 Å². The fraction of sp³-hybridized carbons (Fsp3) is 0.208.